The fourth-order valence-electron chi connectivity index (χ4n) is 0.909. The lowest BCUT2D eigenvalue weighted by Crippen LogP contribution is -2.47. The van der Waals surface area contributed by atoms with Gasteiger partial charge in [-0.3, -0.25) is 4.79 Å². The van der Waals surface area contributed by atoms with Crippen molar-refractivity contribution in [2.45, 2.75) is 25.3 Å². The maximum atomic E-state index is 10.8. The molecule has 0 amide bonds. The maximum absolute atomic E-state index is 10.8. The Morgan fingerprint density at radius 2 is 2.25 bits per heavy atom. The van der Waals surface area contributed by atoms with Crippen LogP contribution in [0.4, 0.5) is 0 Å². The highest BCUT2D eigenvalue weighted by Gasteiger charge is 2.29. The highest BCUT2D eigenvalue weighted by molar-refractivity contribution is 7.98. The first kappa shape index (κ1) is 11.8. The highest BCUT2D eigenvalue weighted by atomic mass is 32.2. The topological polar surface area (TPSA) is 49.3 Å². The molecule has 0 fully saturated rings. The van der Waals surface area contributed by atoms with Crippen molar-refractivity contribution in [1.29, 1.82) is 0 Å². The van der Waals surface area contributed by atoms with Gasteiger partial charge in [0.1, 0.15) is 5.54 Å². The third-order valence-electron chi connectivity index (χ3n) is 2.05. The average molecular weight is 191 g/mol. The standard InChI is InChI=1S/C8H17NO2S/c1-8(9-2,7(10)11)5-4-6-12-3/h9H,4-6H2,1-3H3,(H,10,11). The number of aliphatic carboxylic acids is 1. The molecule has 0 aliphatic carbocycles. The molecule has 3 nitrogen and oxygen atoms in total. The fraction of sp³-hybridized carbons (Fsp3) is 0.875. The van der Waals surface area contributed by atoms with Crippen molar-refractivity contribution in [2.75, 3.05) is 19.1 Å². The number of likely N-dealkylation sites (N-methyl/N-ethyl adjacent to an activating group) is 1. The van der Waals surface area contributed by atoms with Crippen LogP contribution in [0.1, 0.15) is 19.8 Å². The van der Waals surface area contributed by atoms with Crippen molar-refractivity contribution in [2.24, 2.45) is 0 Å². The molecule has 0 saturated heterocycles. The molecule has 0 saturated carbocycles. The number of nitrogens with one attached hydrogen (secondary N) is 1. The van der Waals surface area contributed by atoms with Crippen molar-refractivity contribution in [1.82, 2.24) is 5.32 Å². The van der Waals surface area contributed by atoms with Crippen molar-refractivity contribution in [3.63, 3.8) is 0 Å². The molecule has 0 aliphatic rings. The first-order valence-electron chi connectivity index (χ1n) is 3.98. The minimum absolute atomic E-state index is 0.680. The lowest BCUT2D eigenvalue weighted by molar-refractivity contribution is -0.144. The van der Waals surface area contributed by atoms with E-state index in [0.717, 1.165) is 12.2 Å². The Bertz CT molecular complexity index is 152. The molecule has 2 N–H and O–H groups in total. The molecule has 4 heteroatoms. The minimum atomic E-state index is -0.772. The van der Waals surface area contributed by atoms with Gasteiger partial charge in [-0.15, -0.1) is 0 Å². The van der Waals surface area contributed by atoms with Crippen LogP contribution in [0, 0.1) is 0 Å². The van der Waals surface area contributed by atoms with Gasteiger partial charge in [-0.05, 0) is 38.8 Å². The number of carbonyl (C=O) groups is 1. The van der Waals surface area contributed by atoms with Crippen molar-refractivity contribution >= 4 is 17.7 Å². The molecule has 0 aliphatic heterocycles. The Hall–Kier alpha value is -0.220. The average Bonchev–Trinajstić information content (AvgIpc) is 2.04. The van der Waals surface area contributed by atoms with Crippen LogP contribution in [0.3, 0.4) is 0 Å². The van der Waals surface area contributed by atoms with Crippen LogP contribution in [0.25, 0.3) is 0 Å². The molecule has 0 heterocycles. The van der Waals surface area contributed by atoms with Crippen molar-refractivity contribution < 1.29 is 9.90 Å². The molecule has 12 heavy (non-hydrogen) atoms. The maximum Gasteiger partial charge on any atom is 0.323 e. The van der Waals surface area contributed by atoms with Crippen LogP contribution in [0.5, 0.6) is 0 Å². The molecule has 1 atom stereocenters. The summed E-state index contributed by atoms with van der Waals surface area (Å²) < 4.78 is 0. The number of carboxylic acid groups (broad SMARTS) is 1. The monoisotopic (exact) mass is 191 g/mol. The molecular formula is C8H17NO2S. The SMILES string of the molecule is CNC(C)(CCCSC)C(=O)O. The number of hydrogen-bond acceptors (Lipinski definition) is 3. The van der Waals surface area contributed by atoms with Gasteiger partial charge in [0, 0.05) is 0 Å². The lowest BCUT2D eigenvalue weighted by Gasteiger charge is -2.23. The van der Waals surface area contributed by atoms with Crippen LogP contribution in [0.2, 0.25) is 0 Å². The van der Waals surface area contributed by atoms with Gasteiger partial charge in [0.2, 0.25) is 0 Å². The Labute approximate surface area is 77.9 Å². The Morgan fingerprint density at radius 3 is 2.58 bits per heavy atom. The zero-order valence-corrected chi connectivity index (χ0v) is 8.70. The predicted molar refractivity (Wildman–Crippen MR) is 52.7 cm³/mol. The second-order valence-electron chi connectivity index (χ2n) is 2.98. The van der Waals surface area contributed by atoms with Gasteiger partial charge in [-0.1, -0.05) is 0 Å². The van der Waals surface area contributed by atoms with Gasteiger partial charge < -0.3 is 10.4 Å². The summed E-state index contributed by atoms with van der Waals surface area (Å²) in [7, 11) is 1.69. The van der Waals surface area contributed by atoms with E-state index >= 15 is 0 Å². The van der Waals surface area contributed by atoms with E-state index in [2.05, 4.69) is 5.32 Å². The van der Waals surface area contributed by atoms with Crippen LogP contribution in [0.15, 0.2) is 0 Å². The summed E-state index contributed by atoms with van der Waals surface area (Å²) in [5.74, 6) is 0.246. The summed E-state index contributed by atoms with van der Waals surface area (Å²) in [5, 5.41) is 11.7. The molecule has 0 rings (SSSR count). The Morgan fingerprint density at radius 1 is 1.67 bits per heavy atom. The first-order chi connectivity index (χ1) is 5.56. The summed E-state index contributed by atoms with van der Waals surface area (Å²) in [6, 6.07) is 0. The second-order valence-corrected chi connectivity index (χ2v) is 3.97. The van der Waals surface area contributed by atoms with E-state index in [1.54, 1.807) is 25.7 Å². The Balaban J connectivity index is 3.88. The van der Waals surface area contributed by atoms with Crippen LogP contribution in [-0.4, -0.2) is 35.7 Å². The fourth-order valence-corrected chi connectivity index (χ4v) is 1.34. The Kier molecular flexibility index (Phi) is 5.33. The first-order valence-corrected chi connectivity index (χ1v) is 5.37. The van der Waals surface area contributed by atoms with E-state index < -0.39 is 11.5 Å². The van der Waals surface area contributed by atoms with E-state index in [0.29, 0.717) is 6.42 Å². The van der Waals surface area contributed by atoms with E-state index in [1.807, 2.05) is 6.26 Å². The van der Waals surface area contributed by atoms with Crippen LogP contribution in [-0.2, 0) is 4.79 Å². The highest BCUT2D eigenvalue weighted by Crippen LogP contribution is 2.13. The summed E-state index contributed by atoms with van der Waals surface area (Å²) in [5.41, 5.74) is -0.754. The van der Waals surface area contributed by atoms with Gasteiger partial charge in [-0.2, -0.15) is 11.8 Å². The molecular weight excluding hydrogens is 174 g/mol. The smallest absolute Gasteiger partial charge is 0.323 e. The van der Waals surface area contributed by atoms with Crippen LogP contribution < -0.4 is 5.32 Å². The largest absolute Gasteiger partial charge is 0.480 e. The zero-order chi connectivity index (χ0) is 9.61. The number of carboxylic acids is 1. The van der Waals surface area contributed by atoms with Crippen molar-refractivity contribution in [3.8, 4) is 0 Å². The molecule has 0 aromatic heterocycles. The minimum Gasteiger partial charge on any atom is -0.480 e. The molecule has 0 aromatic rings. The van der Waals surface area contributed by atoms with Gasteiger partial charge in [0.25, 0.3) is 0 Å². The van der Waals surface area contributed by atoms with E-state index in [4.69, 9.17) is 5.11 Å². The predicted octanol–water partition coefficient (Wildman–Crippen LogP) is 1.19. The summed E-state index contributed by atoms with van der Waals surface area (Å²) >= 11 is 1.74. The number of hydrogen-bond donors (Lipinski definition) is 2. The van der Waals surface area contributed by atoms with E-state index in [9.17, 15) is 4.79 Å². The molecule has 0 radical (unpaired) electrons. The van der Waals surface area contributed by atoms with Gasteiger partial charge in [-0.25, -0.2) is 0 Å². The third-order valence-corrected chi connectivity index (χ3v) is 2.75. The van der Waals surface area contributed by atoms with Gasteiger partial charge in [0.15, 0.2) is 0 Å². The zero-order valence-electron chi connectivity index (χ0n) is 7.89. The summed E-state index contributed by atoms with van der Waals surface area (Å²) in [4.78, 5) is 10.8. The lowest BCUT2D eigenvalue weighted by atomic mass is 9.97. The second kappa shape index (κ2) is 5.43. The normalized spacial score (nSPS) is 15.6. The molecule has 0 bridgehead atoms. The summed E-state index contributed by atoms with van der Waals surface area (Å²) in [6.07, 6.45) is 3.64. The summed E-state index contributed by atoms with van der Waals surface area (Å²) in [6.45, 7) is 1.72. The third kappa shape index (κ3) is 3.45. The number of rotatable bonds is 6. The quantitative estimate of drug-likeness (QED) is 0.619. The van der Waals surface area contributed by atoms with Crippen LogP contribution >= 0.6 is 11.8 Å². The van der Waals surface area contributed by atoms with Crippen molar-refractivity contribution in [3.05, 3.63) is 0 Å². The van der Waals surface area contributed by atoms with Gasteiger partial charge >= 0.3 is 5.97 Å². The van der Waals surface area contributed by atoms with Gasteiger partial charge in [0.05, 0.1) is 0 Å². The molecule has 0 spiro atoms. The van der Waals surface area contributed by atoms with E-state index in [-0.39, 0.29) is 0 Å². The molecule has 1 unspecified atom stereocenters. The number of thioether (sulfide) groups is 1. The molecule has 72 valence electrons. The van der Waals surface area contributed by atoms with E-state index in [1.165, 1.54) is 0 Å². The molecule has 0 aromatic carbocycles.